The van der Waals surface area contributed by atoms with Crippen molar-refractivity contribution in [2.75, 3.05) is 45.8 Å². The molecule has 1 aliphatic carbocycles. The molecule has 0 bridgehead atoms. The number of nitrogens with one attached hydrogen (secondary N) is 2. The smallest absolute Gasteiger partial charge is 0.317 e. The van der Waals surface area contributed by atoms with Crippen molar-refractivity contribution in [2.24, 2.45) is 11.8 Å². The number of hydrogen-bond acceptors (Lipinski definition) is 4. The number of likely N-dealkylation sites (tertiary alicyclic amines) is 1. The van der Waals surface area contributed by atoms with Crippen molar-refractivity contribution in [3.8, 4) is 0 Å². The van der Waals surface area contributed by atoms with Crippen LogP contribution in [-0.2, 0) is 4.79 Å². The van der Waals surface area contributed by atoms with Gasteiger partial charge in [-0.15, -0.1) is 0 Å². The second-order valence-corrected chi connectivity index (χ2v) is 8.52. The average Bonchev–Trinajstić information content (AvgIpc) is 2.68. The van der Waals surface area contributed by atoms with Crippen molar-refractivity contribution in [2.45, 2.75) is 57.4 Å². The van der Waals surface area contributed by atoms with Crippen LogP contribution in [0.15, 0.2) is 0 Å². The molecule has 2 amide bonds. The Morgan fingerprint density at radius 1 is 1.00 bits per heavy atom. The summed E-state index contributed by atoms with van der Waals surface area (Å²) >= 11 is 0. The molecule has 7 nitrogen and oxygen atoms in total. The van der Waals surface area contributed by atoms with E-state index in [1.165, 1.54) is 19.3 Å². The largest absolute Gasteiger partial charge is 0.481 e. The van der Waals surface area contributed by atoms with Crippen LogP contribution in [0.4, 0.5) is 4.79 Å². The van der Waals surface area contributed by atoms with Crippen LogP contribution in [0.5, 0.6) is 0 Å². The van der Waals surface area contributed by atoms with Crippen LogP contribution in [0.25, 0.3) is 0 Å². The van der Waals surface area contributed by atoms with Crippen LogP contribution in [-0.4, -0.2) is 78.8 Å². The summed E-state index contributed by atoms with van der Waals surface area (Å²) in [5.41, 5.74) is 0. The van der Waals surface area contributed by atoms with Crippen molar-refractivity contribution in [1.29, 1.82) is 0 Å². The minimum Gasteiger partial charge on any atom is -0.481 e. The second kappa shape index (κ2) is 10.3. The lowest BCUT2D eigenvalue weighted by Gasteiger charge is -2.40. The van der Waals surface area contributed by atoms with Gasteiger partial charge in [0.15, 0.2) is 0 Å². The molecule has 2 saturated heterocycles. The Hall–Kier alpha value is -1.34. The third-order valence-electron chi connectivity index (χ3n) is 6.57. The first kappa shape index (κ1) is 20.4. The summed E-state index contributed by atoms with van der Waals surface area (Å²) in [5, 5.41) is 15.9. The number of carboxylic acids is 1. The Balaban J connectivity index is 1.52. The van der Waals surface area contributed by atoms with E-state index in [1.54, 1.807) is 0 Å². The maximum atomic E-state index is 12.7. The molecule has 3 rings (SSSR count). The van der Waals surface area contributed by atoms with E-state index in [0.29, 0.717) is 19.1 Å². The number of carbonyl (C=O) groups excluding carboxylic acids is 1. The van der Waals surface area contributed by atoms with E-state index in [0.717, 1.165) is 58.4 Å². The molecule has 3 aliphatic rings. The summed E-state index contributed by atoms with van der Waals surface area (Å²) in [7, 11) is 0. The topological polar surface area (TPSA) is 84.9 Å². The Morgan fingerprint density at radius 3 is 2.44 bits per heavy atom. The Bertz CT molecular complexity index is 490. The summed E-state index contributed by atoms with van der Waals surface area (Å²) in [6.45, 7) is 6.55. The predicted octanol–water partition coefficient (Wildman–Crippen LogP) is 1.74. The van der Waals surface area contributed by atoms with E-state index in [-0.39, 0.29) is 24.3 Å². The highest BCUT2D eigenvalue weighted by Crippen LogP contribution is 2.30. The second-order valence-electron chi connectivity index (χ2n) is 8.52. The molecule has 3 fully saturated rings. The van der Waals surface area contributed by atoms with E-state index in [2.05, 4.69) is 15.5 Å². The number of nitrogens with zero attached hydrogens (tertiary/aromatic N) is 2. The standard InChI is InChI=1S/C20H36N4O3/c25-19(26)14-16-7-11-24(20(27)22-18-4-2-1-3-5-18)15-17(16)6-10-23-12-8-21-9-13-23/h16-18,21H,1-15H2,(H,22,27)(H,25,26)/t16-,17-/m0/s1. The fourth-order valence-corrected chi connectivity index (χ4v) is 4.88. The number of carboxylic acid groups (broad SMARTS) is 1. The molecule has 3 N–H and O–H groups in total. The lowest BCUT2D eigenvalue weighted by molar-refractivity contribution is -0.139. The fourth-order valence-electron chi connectivity index (χ4n) is 4.88. The molecule has 0 radical (unpaired) electrons. The van der Waals surface area contributed by atoms with Crippen LogP contribution in [0.3, 0.4) is 0 Å². The first-order valence-electron chi connectivity index (χ1n) is 10.8. The van der Waals surface area contributed by atoms with Gasteiger partial charge in [0.05, 0.1) is 0 Å². The monoisotopic (exact) mass is 380 g/mol. The zero-order chi connectivity index (χ0) is 19.1. The summed E-state index contributed by atoms with van der Waals surface area (Å²) < 4.78 is 0. The van der Waals surface area contributed by atoms with E-state index in [4.69, 9.17) is 0 Å². The lowest BCUT2D eigenvalue weighted by atomic mass is 9.81. The molecule has 27 heavy (non-hydrogen) atoms. The van der Waals surface area contributed by atoms with Crippen LogP contribution in [0.2, 0.25) is 0 Å². The number of aliphatic carboxylic acids is 1. The summed E-state index contributed by atoms with van der Waals surface area (Å²) in [4.78, 5) is 28.4. The number of piperazine rings is 1. The van der Waals surface area contributed by atoms with Crippen LogP contribution in [0, 0.1) is 11.8 Å². The molecule has 0 aromatic rings. The van der Waals surface area contributed by atoms with E-state index < -0.39 is 5.97 Å². The van der Waals surface area contributed by atoms with E-state index in [1.807, 2.05) is 4.90 Å². The van der Waals surface area contributed by atoms with Gasteiger partial charge in [0.1, 0.15) is 0 Å². The van der Waals surface area contributed by atoms with Crippen molar-refractivity contribution in [3.63, 3.8) is 0 Å². The molecular weight excluding hydrogens is 344 g/mol. The van der Waals surface area contributed by atoms with Crippen LogP contribution >= 0.6 is 0 Å². The highest BCUT2D eigenvalue weighted by molar-refractivity contribution is 5.74. The Morgan fingerprint density at radius 2 is 1.74 bits per heavy atom. The van der Waals surface area contributed by atoms with Crippen molar-refractivity contribution in [3.05, 3.63) is 0 Å². The van der Waals surface area contributed by atoms with Crippen molar-refractivity contribution in [1.82, 2.24) is 20.4 Å². The van der Waals surface area contributed by atoms with Crippen LogP contribution in [0.1, 0.15) is 51.4 Å². The number of hydrogen-bond donors (Lipinski definition) is 3. The molecule has 0 spiro atoms. The zero-order valence-corrected chi connectivity index (χ0v) is 16.5. The quantitative estimate of drug-likeness (QED) is 0.654. The number of rotatable bonds is 6. The van der Waals surface area contributed by atoms with Gasteiger partial charge >= 0.3 is 12.0 Å². The molecular formula is C20H36N4O3. The van der Waals surface area contributed by atoms with Gasteiger partial charge in [-0.1, -0.05) is 19.3 Å². The fraction of sp³-hybridized carbons (Fsp3) is 0.900. The number of carbonyl (C=O) groups is 2. The van der Waals surface area contributed by atoms with Crippen molar-refractivity contribution < 1.29 is 14.7 Å². The minimum absolute atomic E-state index is 0.0582. The molecule has 0 aromatic heterocycles. The molecule has 7 heteroatoms. The van der Waals surface area contributed by atoms with Gasteiger partial charge in [-0.05, 0) is 44.1 Å². The highest BCUT2D eigenvalue weighted by atomic mass is 16.4. The molecule has 154 valence electrons. The summed E-state index contributed by atoms with van der Waals surface area (Å²) in [6, 6.07) is 0.380. The zero-order valence-electron chi connectivity index (χ0n) is 16.5. The van der Waals surface area contributed by atoms with Gasteiger partial charge < -0.3 is 25.5 Å². The van der Waals surface area contributed by atoms with Gasteiger partial charge in [0.25, 0.3) is 0 Å². The molecule has 0 aromatic carbocycles. The average molecular weight is 381 g/mol. The van der Waals surface area contributed by atoms with Gasteiger partial charge in [-0.25, -0.2) is 4.79 Å². The van der Waals surface area contributed by atoms with Gasteiger partial charge in [-0.3, -0.25) is 4.79 Å². The first-order chi connectivity index (χ1) is 13.1. The molecule has 0 unspecified atom stereocenters. The molecule has 2 aliphatic heterocycles. The van der Waals surface area contributed by atoms with Gasteiger partial charge in [0.2, 0.25) is 0 Å². The number of urea groups is 1. The van der Waals surface area contributed by atoms with E-state index in [9.17, 15) is 14.7 Å². The van der Waals surface area contributed by atoms with Gasteiger partial charge in [-0.2, -0.15) is 0 Å². The SMILES string of the molecule is O=C(O)C[C@@H]1CCN(C(=O)NC2CCCCC2)C[C@@H]1CCN1CCNCC1. The summed E-state index contributed by atoms with van der Waals surface area (Å²) in [6.07, 6.45) is 7.88. The Kier molecular flexibility index (Phi) is 7.76. The highest BCUT2D eigenvalue weighted by Gasteiger charge is 2.33. The lowest BCUT2D eigenvalue weighted by Crippen LogP contribution is -2.51. The Labute approximate surface area is 162 Å². The summed E-state index contributed by atoms with van der Waals surface area (Å²) in [5.74, 6) is -0.252. The first-order valence-corrected chi connectivity index (χ1v) is 10.8. The molecule has 2 heterocycles. The number of amides is 2. The normalized spacial score (nSPS) is 28.1. The maximum Gasteiger partial charge on any atom is 0.317 e. The third-order valence-corrected chi connectivity index (χ3v) is 6.57. The maximum absolute atomic E-state index is 12.7. The molecule has 1 saturated carbocycles. The van der Waals surface area contributed by atoms with Gasteiger partial charge in [0, 0.05) is 51.7 Å². The van der Waals surface area contributed by atoms with Crippen LogP contribution < -0.4 is 10.6 Å². The predicted molar refractivity (Wildman–Crippen MR) is 105 cm³/mol. The van der Waals surface area contributed by atoms with E-state index >= 15 is 0 Å². The number of piperidine rings is 1. The molecule has 2 atom stereocenters. The van der Waals surface area contributed by atoms with Crippen molar-refractivity contribution >= 4 is 12.0 Å². The third kappa shape index (κ3) is 6.35. The minimum atomic E-state index is -0.715.